The zero-order chi connectivity index (χ0) is 19.6. The van der Waals surface area contributed by atoms with Crippen molar-refractivity contribution in [3.05, 3.63) is 35.9 Å². The van der Waals surface area contributed by atoms with Crippen molar-refractivity contribution in [2.24, 2.45) is 5.92 Å². The maximum absolute atomic E-state index is 13.4. The van der Waals surface area contributed by atoms with Crippen LogP contribution in [0.15, 0.2) is 30.3 Å². The van der Waals surface area contributed by atoms with Gasteiger partial charge in [-0.25, -0.2) is 0 Å². The van der Waals surface area contributed by atoms with Gasteiger partial charge in [-0.3, -0.25) is 14.5 Å². The molecule has 152 valence electrons. The molecule has 0 radical (unpaired) electrons. The summed E-state index contributed by atoms with van der Waals surface area (Å²) in [7, 11) is 0. The van der Waals surface area contributed by atoms with Gasteiger partial charge in [-0.05, 0) is 37.2 Å². The molecule has 6 heteroatoms. The van der Waals surface area contributed by atoms with E-state index in [2.05, 4.69) is 6.92 Å². The topological polar surface area (TPSA) is 59.1 Å². The van der Waals surface area contributed by atoms with E-state index in [1.165, 1.54) is 0 Å². The number of benzene rings is 1. The molecule has 1 aromatic rings. The van der Waals surface area contributed by atoms with Crippen LogP contribution in [0.3, 0.4) is 0 Å². The second kappa shape index (κ2) is 8.21. The first-order valence-corrected chi connectivity index (χ1v) is 10.5. The maximum Gasteiger partial charge on any atom is 0.248 e. The van der Waals surface area contributed by atoms with Crippen molar-refractivity contribution < 1.29 is 19.1 Å². The van der Waals surface area contributed by atoms with Crippen LogP contribution in [-0.2, 0) is 25.5 Å². The van der Waals surface area contributed by atoms with Gasteiger partial charge in [0, 0.05) is 13.1 Å². The van der Waals surface area contributed by atoms with Crippen molar-refractivity contribution in [2.75, 3.05) is 32.9 Å². The average molecular weight is 386 g/mol. The van der Waals surface area contributed by atoms with E-state index >= 15 is 0 Å². The van der Waals surface area contributed by atoms with Crippen LogP contribution in [0.1, 0.15) is 38.2 Å². The highest BCUT2D eigenvalue weighted by Crippen LogP contribution is 2.43. The summed E-state index contributed by atoms with van der Waals surface area (Å²) in [4.78, 5) is 30.3. The first kappa shape index (κ1) is 19.4. The van der Waals surface area contributed by atoms with E-state index in [1.54, 1.807) is 0 Å². The van der Waals surface area contributed by atoms with Gasteiger partial charge in [0.05, 0.1) is 26.2 Å². The van der Waals surface area contributed by atoms with Crippen LogP contribution in [0.25, 0.3) is 0 Å². The molecule has 1 spiro atoms. The number of morpholine rings is 1. The van der Waals surface area contributed by atoms with Crippen LogP contribution in [-0.4, -0.2) is 66.3 Å². The van der Waals surface area contributed by atoms with Gasteiger partial charge in [0.25, 0.3) is 0 Å². The normalized spacial score (nSPS) is 30.6. The number of amides is 2. The first-order valence-electron chi connectivity index (χ1n) is 10.5. The van der Waals surface area contributed by atoms with Crippen LogP contribution in [0.5, 0.6) is 0 Å². The molecule has 2 saturated heterocycles. The number of carbonyl (C=O) groups is 2. The number of hydrogen-bond acceptors (Lipinski definition) is 4. The van der Waals surface area contributed by atoms with Crippen molar-refractivity contribution in [1.82, 2.24) is 9.80 Å². The molecule has 1 aliphatic carbocycles. The molecule has 0 N–H and O–H groups in total. The van der Waals surface area contributed by atoms with Crippen molar-refractivity contribution >= 4 is 11.8 Å². The standard InChI is InChI=1S/C22H30N2O4/c1-17-7-9-22(10-8-17)24(20(25)15-18-5-3-2-4-6-18)19(16-28-22)21(26)23-11-13-27-14-12-23/h2-6,17,19H,7-16H2,1H3/t17?,19-,22?/m0/s1. The van der Waals surface area contributed by atoms with Gasteiger partial charge in [0.2, 0.25) is 11.8 Å². The Kier molecular flexibility index (Phi) is 5.69. The lowest BCUT2D eigenvalue weighted by Crippen LogP contribution is -2.58. The van der Waals surface area contributed by atoms with Crippen LogP contribution in [0.2, 0.25) is 0 Å². The van der Waals surface area contributed by atoms with E-state index < -0.39 is 11.8 Å². The molecule has 1 atom stereocenters. The Hall–Kier alpha value is -1.92. The highest BCUT2D eigenvalue weighted by Gasteiger charge is 2.53. The molecule has 2 aliphatic heterocycles. The molecule has 28 heavy (non-hydrogen) atoms. The fourth-order valence-electron chi connectivity index (χ4n) is 4.69. The number of hydrogen-bond donors (Lipinski definition) is 0. The Morgan fingerprint density at radius 3 is 2.46 bits per heavy atom. The molecule has 0 unspecified atom stereocenters. The second-order valence-electron chi connectivity index (χ2n) is 8.32. The zero-order valence-corrected chi connectivity index (χ0v) is 16.6. The molecule has 1 aromatic carbocycles. The minimum Gasteiger partial charge on any atom is -0.378 e. The number of ether oxygens (including phenoxy) is 2. The summed E-state index contributed by atoms with van der Waals surface area (Å²) in [6, 6.07) is 9.23. The predicted octanol–water partition coefficient (Wildman–Crippen LogP) is 2.22. The molecule has 6 nitrogen and oxygen atoms in total. The van der Waals surface area contributed by atoms with Crippen LogP contribution in [0, 0.1) is 5.92 Å². The van der Waals surface area contributed by atoms with Crippen LogP contribution < -0.4 is 0 Å². The fourth-order valence-corrected chi connectivity index (χ4v) is 4.69. The van der Waals surface area contributed by atoms with E-state index in [9.17, 15) is 9.59 Å². The SMILES string of the molecule is CC1CCC2(CC1)OC[C@@H](C(=O)N1CCOCC1)N2C(=O)Cc1ccccc1. The lowest BCUT2D eigenvalue weighted by atomic mass is 9.83. The van der Waals surface area contributed by atoms with E-state index in [0.717, 1.165) is 31.2 Å². The Balaban J connectivity index is 1.58. The molecule has 4 rings (SSSR count). The Morgan fingerprint density at radius 1 is 1.11 bits per heavy atom. The first-order chi connectivity index (χ1) is 13.6. The molecule has 2 heterocycles. The zero-order valence-electron chi connectivity index (χ0n) is 16.6. The summed E-state index contributed by atoms with van der Waals surface area (Å²) in [5, 5.41) is 0. The quantitative estimate of drug-likeness (QED) is 0.799. The Morgan fingerprint density at radius 2 is 1.79 bits per heavy atom. The van der Waals surface area contributed by atoms with E-state index in [-0.39, 0.29) is 11.8 Å². The van der Waals surface area contributed by atoms with Crippen molar-refractivity contribution in [3.8, 4) is 0 Å². The largest absolute Gasteiger partial charge is 0.378 e. The van der Waals surface area contributed by atoms with E-state index in [1.807, 2.05) is 40.1 Å². The predicted molar refractivity (Wildman–Crippen MR) is 104 cm³/mol. The van der Waals surface area contributed by atoms with E-state index in [4.69, 9.17) is 9.47 Å². The smallest absolute Gasteiger partial charge is 0.248 e. The molecule has 3 fully saturated rings. The third-order valence-electron chi connectivity index (χ3n) is 6.39. The van der Waals surface area contributed by atoms with Gasteiger partial charge >= 0.3 is 0 Å². The van der Waals surface area contributed by atoms with E-state index in [0.29, 0.717) is 45.2 Å². The number of carbonyl (C=O) groups excluding carboxylic acids is 2. The summed E-state index contributed by atoms with van der Waals surface area (Å²) in [6.45, 7) is 4.82. The van der Waals surface area contributed by atoms with Gasteiger partial charge in [-0.2, -0.15) is 0 Å². The molecule has 1 saturated carbocycles. The molecular weight excluding hydrogens is 356 g/mol. The van der Waals surface area contributed by atoms with Crippen LogP contribution in [0.4, 0.5) is 0 Å². The third kappa shape index (κ3) is 3.80. The lowest BCUT2D eigenvalue weighted by Gasteiger charge is -2.43. The van der Waals surface area contributed by atoms with Gasteiger partial charge in [-0.15, -0.1) is 0 Å². The molecule has 3 aliphatic rings. The van der Waals surface area contributed by atoms with Gasteiger partial charge in [0.1, 0.15) is 11.8 Å². The monoisotopic (exact) mass is 386 g/mol. The Bertz CT molecular complexity index is 694. The van der Waals surface area contributed by atoms with Crippen LogP contribution >= 0.6 is 0 Å². The number of rotatable bonds is 3. The summed E-state index contributed by atoms with van der Waals surface area (Å²) >= 11 is 0. The lowest BCUT2D eigenvalue weighted by molar-refractivity contribution is -0.163. The summed E-state index contributed by atoms with van der Waals surface area (Å²) in [6.07, 6.45) is 3.96. The average Bonchev–Trinajstić information content (AvgIpc) is 3.10. The summed E-state index contributed by atoms with van der Waals surface area (Å²) in [5.41, 5.74) is 0.349. The number of nitrogens with zero attached hydrogens (tertiary/aromatic N) is 2. The second-order valence-corrected chi connectivity index (χ2v) is 8.32. The summed E-state index contributed by atoms with van der Waals surface area (Å²) < 4.78 is 11.6. The van der Waals surface area contributed by atoms with Crippen molar-refractivity contribution in [3.63, 3.8) is 0 Å². The van der Waals surface area contributed by atoms with Gasteiger partial charge < -0.3 is 14.4 Å². The fraction of sp³-hybridized carbons (Fsp3) is 0.636. The highest BCUT2D eigenvalue weighted by molar-refractivity contribution is 5.89. The minimum absolute atomic E-state index is 0.000193. The molecule has 0 bridgehead atoms. The van der Waals surface area contributed by atoms with Gasteiger partial charge in [-0.1, -0.05) is 37.3 Å². The Labute approximate surface area is 166 Å². The highest BCUT2D eigenvalue weighted by atomic mass is 16.5. The molecule has 0 aromatic heterocycles. The van der Waals surface area contributed by atoms with Gasteiger partial charge in [0.15, 0.2) is 0 Å². The third-order valence-corrected chi connectivity index (χ3v) is 6.39. The van der Waals surface area contributed by atoms with Crippen molar-refractivity contribution in [2.45, 2.75) is 50.8 Å². The molecular formula is C22H30N2O4. The van der Waals surface area contributed by atoms with Crippen molar-refractivity contribution in [1.29, 1.82) is 0 Å². The maximum atomic E-state index is 13.4. The summed E-state index contributed by atoms with van der Waals surface area (Å²) in [5.74, 6) is 0.624. The molecule has 2 amide bonds. The minimum atomic E-state index is -0.620.